The van der Waals surface area contributed by atoms with Gasteiger partial charge in [0.15, 0.2) is 5.78 Å². The third kappa shape index (κ3) is 3.29. The van der Waals surface area contributed by atoms with Crippen molar-refractivity contribution in [3.63, 3.8) is 0 Å². The summed E-state index contributed by atoms with van der Waals surface area (Å²) in [5.74, 6) is -0.443. The molecule has 0 spiro atoms. The molecule has 0 radical (unpaired) electrons. The Morgan fingerprint density at radius 3 is 2.20 bits per heavy atom. The highest BCUT2D eigenvalue weighted by atomic mass is 19.1. The van der Waals surface area contributed by atoms with Gasteiger partial charge in [0.1, 0.15) is 5.82 Å². The van der Waals surface area contributed by atoms with E-state index in [9.17, 15) is 9.18 Å². The van der Waals surface area contributed by atoms with Gasteiger partial charge < -0.3 is 4.90 Å². The average Bonchev–Trinajstić information content (AvgIpc) is 2.46. The van der Waals surface area contributed by atoms with Gasteiger partial charge in [0.25, 0.3) is 0 Å². The van der Waals surface area contributed by atoms with Crippen molar-refractivity contribution in [2.45, 2.75) is 0 Å². The number of carbonyl (C=O) groups is 1. The van der Waals surface area contributed by atoms with Crippen molar-refractivity contribution >= 4 is 11.4 Å². The number of Topliss-reactive ketones (excluding diaryl/α,β-unsaturated/α-hetero) is 1. The highest BCUT2D eigenvalue weighted by Crippen LogP contribution is 2.20. The van der Waals surface area contributed by atoms with Crippen LogP contribution in [0.1, 0.15) is 15.9 Å². The van der Waals surface area contributed by atoms with Gasteiger partial charge >= 0.3 is 0 Å². The smallest absolute Gasteiger partial charge is 0.195 e. The van der Waals surface area contributed by atoms with E-state index >= 15 is 0 Å². The topological polar surface area (TPSA) is 33.2 Å². The Morgan fingerprint density at radius 1 is 1.05 bits per heavy atom. The third-order valence-electron chi connectivity index (χ3n) is 2.73. The number of hydrogen-bond acceptors (Lipinski definition) is 3. The van der Waals surface area contributed by atoms with Crippen LogP contribution in [0.3, 0.4) is 0 Å². The van der Waals surface area contributed by atoms with Crippen LogP contribution in [-0.4, -0.2) is 29.8 Å². The molecule has 0 saturated carbocycles. The van der Waals surface area contributed by atoms with Crippen LogP contribution in [0.25, 0.3) is 5.57 Å². The van der Waals surface area contributed by atoms with Crippen LogP contribution < -0.4 is 0 Å². The molecule has 1 aromatic heterocycles. The van der Waals surface area contributed by atoms with Crippen molar-refractivity contribution in [1.82, 2.24) is 9.88 Å². The first-order valence-electron chi connectivity index (χ1n) is 6.17. The molecule has 0 aliphatic rings. The summed E-state index contributed by atoms with van der Waals surface area (Å²) in [4.78, 5) is 18.2. The molecule has 0 bridgehead atoms. The second-order valence-electron chi connectivity index (χ2n) is 4.58. The molecule has 0 unspecified atom stereocenters. The highest BCUT2D eigenvalue weighted by molar-refractivity contribution is 6.28. The summed E-state index contributed by atoms with van der Waals surface area (Å²) < 4.78 is 13.0. The van der Waals surface area contributed by atoms with Crippen LogP contribution in [0.2, 0.25) is 0 Å². The molecule has 102 valence electrons. The molecule has 0 atom stereocenters. The van der Waals surface area contributed by atoms with Crippen molar-refractivity contribution < 1.29 is 9.18 Å². The first-order chi connectivity index (χ1) is 9.58. The highest BCUT2D eigenvalue weighted by Gasteiger charge is 2.14. The molecule has 0 aliphatic heterocycles. The van der Waals surface area contributed by atoms with E-state index in [2.05, 4.69) is 4.98 Å². The summed E-state index contributed by atoms with van der Waals surface area (Å²) in [6, 6.07) is 9.22. The van der Waals surface area contributed by atoms with Gasteiger partial charge in [0, 0.05) is 43.8 Å². The molecule has 20 heavy (non-hydrogen) atoms. The van der Waals surface area contributed by atoms with Gasteiger partial charge in [-0.1, -0.05) is 12.1 Å². The molecule has 2 rings (SSSR count). The van der Waals surface area contributed by atoms with Gasteiger partial charge in [-0.25, -0.2) is 4.39 Å². The lowest BCUT2D eigenvalue weighted by molar-refractivity contribution is 0.105. The molecule has 0 saturated heterocycles. The van der Waals surface area contributed by atoms with E-state index in [0.29, 0.717) is 16.7 Å². The second-order valence-corrected chi connectivity index (χ2v) is 4.58. The van der Waals surface area contributed by atoms with Crippen molar-refractivity contribution in [1.29, 1.82) is 0 Å². The standard InChI is InChI=1S/C16H15FN2O/c1-19(2)11-15(12-3-5-14(17)6-4-12)16(20)13-7-9-18-10-8-13/h3-11H,1-2H3/b15-11+. The maximum atomic E-state index is 13.0. The Balaban J connectivity index is 2.44. The van der Waals surface area contributed by atoms with E-state index in [1.165, 1.54) is 12.1 Å². The van der Waals surface area contributed by atoms with Crippen LogP contribution in [0.15, 0.2) is 55.0 Å². The summed E-state index contributed by atoms with van der Waals surface area (Å²) in [5, 5.41) is 0. The summed E-state index contributed by atoms with van der Waals surface area (Å²) in [6.45, 7) is 0. The molecule has 1 heterocycles. The van der Waals surface area contributed by atoms with E-state index in [1.807, 2.05) is 14.1 Å². The number of pyridine rings is 1. The number of benzene rings is 1. The lowest BCUT2D eigenvalue weighted by atomic mass is 9.98. The first-order valence-corrected chi connectivity index (χ1v) is 6.17. The molecule has 0 N–H and O–H groups in total. The van der Waals surface area contributed by atoms with Crippen LogP contribution in [0.4, 0.5) is 4.39 Å². The number of nitrogens with zero attached hydrogens (tertiary/aromatic N) is 2. The number of rotatable bonds is 4. The summed E-state index contributed by atoms with van der Waals surface area (Å²) in [5.41, 5.74) is 1.75. The third-order valence-corrected chi connectivity index (χ3v) is 2.73. The number of aromatic nitrogens is 1. The molecule has 0 fully saturated rings. The predicted octanol–water partition coefficient (Wildman–Crippen LogP) is 3.01. The zero-order chi connectivity index (χ0) is 14.5. The molecule has 0 amide bonds. The minimum atomic E-state index is -0.325. The van der Waals surface area contributed by atoms with Crippen molar-refractivity contribution in [2.75, 3.05) is 14.1 Å². The van der Waals surface area contributed by atoms with Crippen LogP contribution >= 0.6 is 0 Å². The first kappa shape index (κ1) is 13.9. The maximum Gasteiger partial charge on any atom is 0.195 e. The van der Waals surface area contributed by atoms with Gasteiger partial charge in [-0.2, -0.15) is 0 Å². The number of allylic oxidation sites excluding steroid dienone is 1. The quantitative estimate of drug-likeness (QED) is 0.632. The Bertz CT molecular complexity index is 619. The fraction of sp³-hybridized carbons (Fsp3) is 0.125. The fourth-order valence-corrected chi connectivity index (χ4v) is 1.81. The number of ketones is 1. The van der Waals surface area contributed by atoms with E-state index in [-0.39, 0.29) is 11.6 Å². The molecule has 2 aromatic rings. The number of halogens is 1. The van der Waals surface area contributed by atoms with Gasteiger partial charge in [0.05, 0.1) is 0 Å². The van der Waals surface area contributed by atoms with E-state index in [0.717, 1.165) is 0 Å². The van der Waals surface area contributed by atoms with Gasteiger partial charge in [0.2, 0.25) is 0 Å². The lowest BCUT2D eigenvalue weighted by Crippen LogP contribution is -2.09. The van der Waals surface area contributed by atoms with E-state index in [1.54, 1.807) is 47.8 Å². The monoisotopic (exact) mass is 270 g/mol. The minimum Gasteiger partial charge on any atom is -0.383 e. The molecular weight excluding hydrogens is 255 g/mol. The van der Waals surface area contributed by atoms with E-state index in [4.69, 9.17) is 0 Å². The van der Waals surface area contributed by atoms with Crippen molar-refractivity contribution in [3.05, 3.63) is 71.9 Å². The molecule has 0 aliphatic carbocycles. The van der Waals surface area contributed by atoms with Crippen LogP contribution in [-0.2, 0) is 0 Å². The zero-order valence-corrected chi connectivity index (χ0v) is 11.4. The zero-order valence-electron chi connectivity index (χ0n) is 11.4. The number of carbonyl (C=O) groups excluding carboxylic acids is 1. The summed E-state index contributed by atoms with van der Waals surface area (Å²) in [6.07, 6.45) is 4.88. The van der Waals surface area contributed by atoms with Crippen LogP contribution in [0, 0.1) is 5.82 Å². The second kappa shape index (κ2) is 6.10. The average molecular weight is 270 g/mol. The molecular formula is C16H15FN2O. The molecule has 3 nitrogen and oxygen atoms in total. The van der Waals surface area contributed by atoms with Crippen LogP contribution in [0.5, 0.6) is 0 Å². The van der Waals surface area contributed by atoms with Gasteiger partial charge in [-0.3, -0.25) is 9.78 Å². The normalized spacial score (nSPS) is 11.2. The minimum absolute atomic E-state index is 0.118. The fourth-order valence-electron chi connectivity index (χ4n) is 1.81. The lowest BCUT2D eigenvalue weighted by Gasteiger charge is -2.12. The summed E-state index contributed by atoms with van der Waals surface area (Å²) in [7, 11) is 3.67. The molecule has 4 heteroatoms. The Labute approximate surface area is 117 Å². The Hall–Kier alpha value is -2.49. The Morgan fingerprint density at radius 2 is 1.65 bits per heavy atom. The number of hydrogen-bond donors (Lipinski definition) is 0. The molecule has 1 aromatic carbocycles. The predicted molar refractivity (Wildman–Crippen MR) is 76.6 cm³/mol. The summed E-state index contributed by atoms with van der Waals surface area (Å²) >= 11 is 0. The van der Waals surface area contributed by atoms with Crippen molar-refractivity contribution in [2.24, 2.45) is 0 Å². The van der Waals surface area contributed by atoms with Gasteiger partial charge in [-0.15, -0.1) is 0 Å². The largest absolute Gasteiger partial charge is 0.383 e. The van der Waals surface area contributed by atoms with E-state index < -0.39 is 0 Å². The maximum absolute atomic E-state index is 13.0. The Kier molecular flexibility index (Phi) is 4.25. The van der Waals surface area contributed by atoms with Gasteiger partial charge in [-0.05, 0) is 29.8 Å². The van der Waals surface area contributed by atoms with Crippen molar-refractivity contribution in [3.8, 4) is 0 Å². The SMILES string of the molecule is CN(C)/C=C(/C(=O)c1ccncc1)c1ccc(F)cc1.